The highest BCUT2D eigenvalue weighted by Gasteiger charge is 2.24. The van der Waals surface area contributed by atoms with Crippen molar-refractivity contribution in [2.45, 2.75) is 18.8 Å². The lowest BCUT2D eigenvalue weighted by atomic mass is 9.93. The minimum atomic E-state index is -0.853. The summed E-state index contributed by atoms with van der Waals surface area (Å²) in [7, 11) is 0. The second-order valence-electron chi connectivity index (χ2n) is 4.25. The quantitative estimate of drug-likeness (QED) is 0.677. The highest BCUT2D eigenvalue weighted by atomic mass is 16.4. The summed E-state index contributed by atoms with van der Waals surface area (Å²) < 4.78 is 0. The number of amides is 1. The van der Waals surface area contributed by atoms with Crippen LogP contribution in [-0.4, -0.2) is 34.2 Å². The first-order chi connectivity index (χ1) is 8.08. The summed E-state index contributed by atoms with van der Waals surface area (Å²) in [6, 6.07) is 3.62. The fourth-order valence-corrected chi connectivity index (χ4v) is 2.10. The van der Waals surface area contributed by atoms with Gasteiger partial charge in [-0.05, 0) is 25.0 Å². The number of hydrogen-bond acceptors (Lipinski definition) is 4. The summed E-state index contributed by atoms with van der Waals surface area (Å²) in [6.45, 7) is 1.10. The Hall–Kier alpha value is -1.98. The fourth-order valence-electron chi connectivity index (χ4n) is 2.10. The summed E-state index contributed by atoms with van der Waals surface area (Å²) in [5.74, 6) is 0.622. The zero-order valence-corrected chi connectivity index (χ0v) is 9.47. The van der Waals surface area contributed by atoms with Crippen molar-refractivity contribution in [3.05, 3.63) is 17.8 Å². The predicted molar refractivity (Wildman–Crippen MR) is 64.6 cm³/mol. The van der Waals surface area contributed by atoms with Crippen molar-refractivity contribution < 1.29 is 9.90 Å². The summed E-state index contributed by atoms with van der Waals surface area (Å²) >= 11 is 0. The molecule has 1 fully saturated rings. The molecule has 1 aromatic heterocycles. The first-order valence-corrected chi connectivity index (χ1v) is 5.57. The molecular formula is C11H16N4O2. The van der Waals surface area contributed by atoms with Gasteiger partial charge in [0.25, 0.3) is 0 Å². The standard InChI is InChI=1S/C11H16N4O2/c12-8-1-2-9(14-10(8)13)7-3-5-15(6-4-7)11(16)17/h1-2,7H,3-6,12H2,(H2,13,14)(H,16,17). The topological polar surface area (TPSA) is 105 Å². The summed E-state index contributed by atoms with van der Waals surface area (Å²) in [5.41, 5.74) is 12.7. The van der Waals surface area contributed by atoms with Crippen LogP contribution in [0.3, 0.4) is 0 Å². The molecule has 1 saturated heterocycles. The number of carbonyl (C=O) groups is 1. The van der Waals surface area contributed by atoms with Gasteiger partial charge >= 0.3 is 6.09 Å². The van der Waals surface area contributed by atoms with Crippen LogP contribution in [0.15, 0.2) is 12.1 Å². The van der Waals surface area contributed by atoms with Gasteiger partial charge in [0.15, 0.2) is 0 Å². The fraction of sp³-hybridized carbons (Fsp3) is 0.455. The number of piperidine rings is 1. The molecule has 1 aliphatic heterocycles. The molecule has 2 rings (SSSR count). The molecule has 6 heteroatoms. The van der Waals surface area contributed by atoms with E-state index in [1.807, 2.05) is 6.07 Å². The van der Waals surface area contributed by atoms with E-state index in [1.165, 1.54) is 4.90 Å². The third-order valence-corrected chi connectivity index (χ3v) is 3.16. The third-order valence-electron chi connectivity index (χ3n) is 3.16. The number of pyridine rings is 1. The van der Waals surface area contributed by atoms with Crippen molar-refractivity contribution in [1.29, 1.82) is 0 Å². The minimum Gasteiger partial charge on any atom is -0.465 e. The van der Waals surface area contributed by atoms with Crippen molar-refractivity contribution in [2.24, 2.45) is 0 Å². The van der Waals surface area contributed by atoms with Crippen LogP contribution in [0.1, 0.15) is 24.5 Å². The van der Waals surface area contributed by atoms with Crippen LogP contribution in [0.2, 0.25) is 0 Å². The van der Waals surface area contributed by atoms with Crippen LogP contribution in [-0.2, 0) is 0 Å². The van der Waals surface area contributed by atoms with E-state index in [4.69, 9.17) is 16.6 Å². The van der Waals surface area contributed by atoms with E-state index < -0.39 is 6.09 Å². The average molecular weight is 236 g/mol. The molecule has 1 aliphatic rings. The van der Waals surface area contributed by atoms with Gasteiger partial charge in [-0.25, -0.2) is 9.78 Å². The number of rotatable bonds is 1. The van der Waals surface area contributed by atoms with Crippen LogP contribution in [0.25, 0.3) is 0 Å². The van der Waals surface area contributed by atoms with Gasteiger partial charge in [-0.15, -0.1) is 0 Å². The van der Waals surface area contributed by atoms with Gasteiger partial charge in [-0.2, -0.15) is 0 Å². The molecule has 0 atom stereocenters. The van der Waals surface area contributed by atoms with E-state index in [-0.39, 0.29) is 5.92 Å². The van der Waals surface area contributed by atoms with Crippen molar-refractivity contribution in [2.75, 3.05) is 24.6 Å². The van der Waals surface area contributed by atoms with Gasteiger partial charge in [0.2, 0.25) is 0 Å². The Kier molecular flexibility index (Phi) is 3.03. The number of nitrogens with two attached hydrogens (primary N) is 2. The van der Waals surface area contributed by atoms with E-state index >= 15 is 0 Å². The Morgan fingerprint density at radius 2 is 2.00 bits per heavy atom. The molecule has 5 N–H and O–H groups in total. The minimum absolute atomic E-state index is 0.272. The molecule has 92 valence electrons. The number of aromatic nitrogens is 1. The number of nitrogen functional groups attached to an aromatic ring is 2. The highest BCUT2D eigenvalue weighted by molar-refractivity contribution is 5.65. The molecule has 0 unspecified atom stereocenters. The van der Waals surface area contributed by atoms with Gasteiger partial charge < -0.3 is 21.5 Å². The summed E-state index contributed by atoms with van der Waals surface area (Å²) in [4.78, 5) is 16.5. The van der Waals surface area contributed by atoms with Gasteiger partial charge in [0.05, 0.1) is 5.69 Å². The molecule has 0 radical (unpaired) electrons. The molecule has 0 aliphatic carbocycles. The molecule has 2 heterocycles. The van der Waals surface area contributed by atoms with Gasteiger partial charge in [-0.3, -0.25) is 0 Å². The largest absolute Gasteiger partial charge is 0.465 e. The Morgan fingerprint density at radius 1 is 1.35 bits per heavy atom. The normalized spacial score (nSPS) is 17.1. The molecule has 0 saturated carbocycles. The lowest BCUT2D eigenvalue weighted by molar-refractivity contribution is 0.131. The van der Waals surface area contributed by atoms with Crippen molar-refractivity contribution in [1.82, 2.24) is 9.88 Å². The van der Waals surface area contributed by atoms with Crippen molar-refractivity contribution in [3.8, 4) is 0 Å². The first kappa shape index (κ1) is 11.5. The Balaban J connectivity index is 2.05. The lowest BCUT2D eigenvalue weighted by Gasteiger charge is -2.29. The highest BCUT2D eigenvalue weighted by Crippen LogP contribution is 2.28. The lowest BCUT2D eigenvalue weighted by Crippen LogP contribution is -2.37. The van der Waals surface area contributed by atoms with Crippen LogP contribution < -0.4 is 11.5 Å². The number of hydrogen-bond donors (Lipinski definition) is 3. The summed E-state index contributed by atoms with van der Waals surface area (Å²) in [5, 5.41) is 8.85. The number of likely N-dealkylation sites (tertiary alicyclic amines) is 1. The van der Waals surface area contributed by atoms with Crippen molar-refractivity contribution >= 4 is 17.6 Å². The second-order valence-corrected chi connectivity index (χ2v) is 4.25. The number of carboxylic acid groups (broad SMARTS) is 1. The van der Waals surface area contributed by atoms with Gasteiger partial charge in [0.1, 0.15) is 5.82 Å². The van der Waals surface area contributed by atoms with E-state index in [0.29, 0.717) is 24.6 Å². The zero-order valence-electron chi connectivity index (χ0n) is 9.47. The van der Waals surface area contributed by atoms with Crippen LogP contribution >= 0.6 is 0 Å². The molecule has 17 heavy (non-hydrogen) atoms. The molecular weight excluding hydrogens is 220 g/mol. The Morgan fingerprint density at radius 3 is 2.53 bits per heavy atom. The molecule has 6 nitrogen and oxygen atoms in total. The van der Waals surface area contributed by atoms with Crippen LogP contribution in [0.4, 0.5) is 16.3 Å². The van der Waals surface area contributed by atoms with E-state index in [1.54, 1.807) is 6.07 Å². The maximum Gasteiger partial charge on any atom is 0.407 e. The molecule has 0 aromatic carbocycles. The zero-order chi connectivity index (χ0) is 12.4. The van der Waals surface area contributed by atoms with Gasteiger partial charge in [0, 0.05) is 24.7 Å². The Labute approximate surface area is 99.2 Å². The maximum absolute atomic E-state index is 10.8. The smallest absolute Gasteiger partial charge is 0.407 e. The van der Waals surface area contributed by atoms with Crippen LogP contribution in [0, 0.1) is 0 Å². The second kappa shape index (κ2) is 4.48. The average Bonchev–Trinajstić information content (AvgIpc) is 2.33. The number of nitrogens with zero attached hydrogens (tertiary/aromatic N) is 2. The van der Waals surface area contributed by atoms with Crippen LogP contribution in [0.5, 0.6) is 0 Å². The maximum atomic E-state index is 10.8. The number of anilines is 2. The summed E-state index contributed by atoms with van der Waals surface area (Å²) in [6.07, 6.45) is 0.707. The Bertz CT molecular complexity index is 427. The molecule has 0 bridgehead atoms. The van der Waals surface area contributed by atoms with E-state index in [0.717, 1.165) is 18.5 Å². The predicted octanol–water partition coefficient (Wildman–Crippen LogP) is 1.10. The third kappa shape index (κ3) is 2.41. The molecule has 0 spiro atoms. The molecule has 1 amide bonds. The van der Waals surface area contributed by atoms with Gasteiger partial charge in [-0.1, -0.05) is 0 Å². The van der Waals surface area contributed by atoms with E-state index in [2.05, 4.69) is 4.98 Å². The van der Waals surface area contributed by atoms with E-state index in [9.17, 15) is 4.79 Å². The molecule has 1 aromatic rings. The van der Waals surface area contributed by atoms with Crippen molar-refractivity contribution in [3.63, 3.8) is 0 Å². The monoisotopic (exact) mass is 236 g/mol. The first-order valence-electron chi connectivity index (χ1n) is 5.57. The SMILES string of the molecule is Nc1ccc(C2CCN(C(=O)O)CC2)nc1N.